The van der Waals surface area contributed by atoms with E-state index in [-0.39, 0.29) is 18.4 Å². The summed E-state index contributed by atoms with van der Waals surface area (Å²) in [6.07, 6.45) is 2.40. The normalized spacial score (nSPS) is 14.4. The van der Waals surface area contributed by atoms with Crippen molar-refractivity contribution in [2.75, 3.05) is 19.6 Å². The van der Waals surface area contributed by atoms with E-state index in [4.69, 9.17) is 34.8 Å². The molecule has 0 radical (unpaired) electrons. The van der Waals surface area contributed by atoms with Crippen molar-refractivity contribution in [1.82, 2.24) is 10.2 Å². The molecular weight excluding hydrogens is 391 g/mol. The molecule has 1 aliphatic heterocycles. The van der Waals surface area contributed by atoms with Crippen LogP contribution in [0.1, 0.15) is 28.9 Å². The summed E-state index contributed by atoms with van der Waals surface area (Å²) < 4.78 is 0.760. The Balaban J connectivity index is 1.67. The number of carbonyl (C=O) groups excluding carboxylic acids is 2. The van der Waals surface area contributed by atoms with Gasteiger partial charge in [0.1, 0.15) is 4.88 Å². The predicted molar refractivity (Wildman–Crippen MR) is 99.6 cm³/mol. The van der Waals surface area contributed by atoms with Crippen LogP contribution >= 0.6 is 46.1 Å². The quantitative estimate of drug-likeness (QED) is 0.808. The van der Waals surface area contributed by atoms with Gasteiger partial charge in [-0.25, -0.2) is 0 Å². The van der Waals surface area contributed by atoms with E-state index in [1.165, 1.54) is 11.3 Å². The van der Waals surface area contributed by atoms with Crippen LogP contribution in [-0.2, 0) is 4.79 Å². The highest BCUT2D eigenvalue weighted by Gasteiger charge is 2.21. The van der Waals surface area contributed by atoms with Crippen molar-refractivity contribution in [1.29, 1.82) is 0 Å². The molecule has 128 valence electrons. The largest absolute Gasteiger partial charge is 0.351 e. The van der Waals surface area contributed by atoms with Gasteiger partial charge in [-0.05, 0) is 25.0 Å². The van der Waals surface area contributed by atoms with Crippen LogP contribution in [0.4, 0.5) is 0 Å². The number of hydrogen-bond acceptors (Lipinski definition) is 3. The standard InChI is InChI=1S/C16H15Cl3N2O2S/c17-9-7-10(18)13-11(8-9)24-15(14(13)19)16(23)20-4-3-12(22)21-5-1-2-6-21/h7-8H,1-6H2,(H,20,23). The number of nitrogens with one attached hydrogen (secondary N) is 1. The molecule has 1 N–H and O–H groups in total. The van der Waals surface area contributed by atoms with Crippen molar-refractivity contribution in [2.24, 2.45) is 0 Å². The van der Waals surface area contributed by atoms with Crippen LogP contribution in [0.15, 0.2) is 12.1 Å². The molecule has 8 heteroatoms. The van der Waals surface area contributed by atoms with Gasteiger partial charge in [-0.3, -0.25) is 9.59 Å². The van der Waals surface area contributed by atoms with Gasteiger partial charge in [-0.2, -0.15) is 0 Å². The first-order valence-electron chi connectivity index (χ1n) is 7.60. The van der Waals surface area contributed by atoms with Crippen LogP contribution in [0, 0.1) is 0 Å². The molecule has 2 heterocycles. The Kier molecular flexibility index (Phi) is 5.55. The van der Waals surface area contributed by atoms with Crippen molar-refractivity contribution in [3.63, 3.8) is 0 Å². The molecule has 1 saturated heterocycles. The second kappa shape index (κ2) is 7.48. The highest BCUT2D eigenvalue weighted by atomic mass is 35.5. The van der Waals surface area contributed by atoms with Gasteiger partial charge in [0.05, 0.1) is 10.0 Å². The Morgan fingerprint density at radius 1 is 1.17 bits per heavy atom. The minimum Gasteiger partial charge on any atom is -0.351 e. The summed E-state index contributed by atoms with van der Waals surface area (Å²) >= 11 is 19.7. The first-order chi connectivity index (χ1) is 11.5. The molecule has 0 atom stereocenters. The van der Waals surface area contributed by atoms with Crippen LogP contribution in [0.5, 0.6) is 0 Å². The Hall–Kier alpha value is -1.01. The van der Waals surface area contributed by atoms with Crippen LogP contribution in [0.3, 0.4) is 0 Å². The predicted octanol–water partition coefficient (Wildman–Crippen LogP) is 4.60. The molecule has 3 rings (SSSR count). The molecular formula is C16H15Cl3N2O2S. The summed E-state index contributed by atoms with van der Waals surface area (Å²) in [5.41, 5.74) is 0. The lowest BCUT2D eigenvalue weighted by atomic mass is 10.2. The first kappa shape index (κ1) is 17.8. The first-order valence-corrected chi connectivity index (χ1v) is 9.55. The van der Waals surface area contributed by atoms with E-state index in [1.807, 2.05) is 4.90 Å². The fraction of sp³-hybridized carbons (Fsp3) is 0.375. The number of hydrogen-bond donors (Lipinski definition) is 1. The maximum atomic E-state index is 12.3. The number of amides is 2. The van der Waals surface area contributed by atoms with E-state index >= 15 is 0 Å². The van der Waals surface area contributed by atoms with E-state index in [9.17, 15) is 9.59 Å². The number of rotatable bonds is 4. The van der Waals surface area contributed by atoms with Gasteiger partial charge in [0.25, 0.3) is 5.91 Å². The molecule has 1 aromatic heterocycles. The van der Waals surface area contributed by atoms with E-state index in [2.05, 4.69) is 5.32 Å². The number of likely N-dealkylation sites (tertiary alicyclic amines) is 1. The van der Waals surface area contributed by atoms with E-state index in [0.717, 1.165) is 30.6 Å². The third-order valence-electron chi connectivity index (χ3n) is 3.94. The van der Waals surface area contributed by atoms with Gasteiger partial charge in [0.15, 0.2) is 0 Å². The summed E-state index contributed by atoms with van der Waals surface area (Å²) in [6, 6.07) is 3.33. The smallest absolute Gasteiger partial charge is 0.262 e. The molecule has 0 spiro atoms. The third kappa shape index (κ3) is 3.64. The Labute approximate surface area is 158 Å². The third-order valence-corrected chi connectivity index (χ3v) is 6.08. The van der Waals surface area contributed by atoms with Gasteiger partial charge in [-0.15, -0.1) is 11.3 Å². The molecule has 1 aliphatic rings. The van der Waals surface area contributed by atoms with Crippen LogP contribution in [0.2, 0.25) is 15.1 Å². The lowest BCUT2D eigenvalue weighted by Gasteiger charge is -2.15. The van der Waals surface area contributed by atoms with E-state index < -0.39 is 0 Å². The minimum absolute atomic E-state index is 0.0741. The zero-order valence-corrected chi connectivity index (χ0v) is 15.8. The molecule has 0 aliphatic carbocycles. The summed E-state index contributed by atoms with van der Waals surface area (Å²) in [5.74, 6) is -0.229. The molecule has 24 heavy (non-hydrogen) atoms. The van der Waals surface area contributed by atoms with Crippen molar-refractivity contribution in [2.45, 2.75) is 19.3 Å². The SMILES string of the molecule is O=C(NCCC(=O)N1CCCC1)c1sc2cc(Cl)cc(Cl)c2c1Cl. The molecule has 0 saturated carbocycles. The molecule has 0 unspecified atom stereocenters. The summed E-state index contributed by atoms with van der Waals surface area (Å²) in [7, 11) is 0. The number of benzene rings is 1. The van der Waals surface area contributed by atoms with Gasteiger partial charge in [0, 0.05) is 41.2 Å². The maximum absolute atomic E-state index is 12.3. The van der Waals surface area contributed by atoms with Gasteiger partial charge >= 0.3 is 0 Å². The van der Waals surface area contributed by atoms with Gasteiger partial charge < -0.3 is 10.2 Å². The zero-order chi connectivity index (χ0) is 17.3. The van der Waals surface area contributed by atoms with Gasteiger partial charge in [0.2, 0.25) is 5.91 Å². The Bertz CT molecular complexity index is 800. The average Bonchev–Trinajstić information content (AvgIpc) is 3.15. The zero-order valence-electron chi connectivity index (χ0n) is 12.7. The number of halogens is 3. The number of fused-ring (bicyclic) bond motifs is 1. The number of carbonyl (C=O) groups is 2. The Morgan fingerprint density at radius 3 is 2.58 bits per heavy atom. The molecule has 4 nitrogen and oxygen atoms in total. The lowest BCUT2D eigenvalue weighted by molar-refractivity contribution is -0.129. The number of nitrogens with zero attached hydrogens (tertiary/aromatic N) is 1. The number of thiophene rings is 1. The fourth-order valence-electron chi connectivity index (χ4n) is 2.75. The van der Waals surface area contributed by atoms with Crippen molar-refractivity contribution >= 4 is 68.0 Å². The highest BCUT2D eigenvalue weighted by molar-refractivity contribution is 7.21. The highest BCUT2D eigenvalue weighted by Crippen LogP contribution is 2.41. The van der Waals surface area contributed by atoms with Crippen LogP contribution in [-0.4, -0.2) is 36.3 Å². The van der Waals surface area contributed by atoms with Crippen LogP contribution in [0.25, 0.3) is 10.1 Å². The summed E-state index contributed by atoms with van der Waals surface area (Å²) in [4.78, 5) is 26.5. The minimum atomic E-state index is -0.303. The summed E-state index contributed by atoms with van der Waals surface area (Å²) in [5, 5.41) is 4.62. The van der Waals surface area contributed by atoms with E-state index in [0.29, 0.717) is 31.8 Å². The fourth-order valence-corrected chi connectivity index (χ4v) is 5.04. The molecule has 1 fully saturated rings. The van der Waals surface area contributed by atoms with Crippen molar-refractivity contribution in [3.8, 4) is 0 Å². The van der Waals surface area contributed by atoms with Crippen molar-refractivity contribution < 1.29 is 9.59 Å². The van der Waals surface area contributed by atoms with Crippen molar-refractivity contribution in [3.05, 3.63) is 32.1 Å². The molecule has 2 amide bonds. The Morgan fingerprint density at radius 2 is 1.88 bits per heavy atom. The topological polar surface area (TPSA) is 49.4 Å². The second-order valence-corrected chi connectivity index (χ2v) is 7.87. The summed E-state index contributed by atoms with van der Waals surface area (Å²) in [6.45, 7) is 1.91. The maximum Gasteiger partial charge on any atom is 0.262 e. The molecule has 0 bridgehead atoms. The lowest BCUT2D eigenvalue weighted by Crippen LogP contribution is -2.32. The molecule has 1 aromatic carbocycles. The monoisotopic (exact) mass is 404 g/mol. The average molecular weight is 406 g/mol. The van der Waals surface area contributed by atoms with E-state index in [1.54, 1.807) is 12.1 Å². The second-order valence-electron chi connectivity index (χ2n) is 5.60. The van der Waals surface area contributed by atoms with Gasteiger partial charge in [-0.1, -0.05) is 34.8 Å². The molecule has 2 aromatic rings. The van der Waals surface area contributed by atoms with Crippen LogP contribution < -0.4 is 5.32 Å².